The number of ether oxygens (including phenoxy) is 1. The fraction of sp³-hybridized carbons (Fsp3) is 0.294. The summed E-state index contributed by atoms with van der Waals surface area (Å²) < 4.78 is 19.4. The summed E-state index contributed by atoms with van der Waals surface area (Å²) in [5.74, 6) is 0.239. The van der Waals surface area contributed by atoms with Crippen LogP contribution in [0.4, 0.5) is 4.39 Å². The Kier molecular flexibility index (Phi) is 5.37. The molecule has 0 saturated carbocycles. The molecule has 0 aliphatic heterocycles. The molecule has 0 fully saturated rings. The van der Waals surface area contributed by atoms with E-state index in [2.05, 4.69) is 52.4 Å². The van der Waals surface area contributed by atoms with Crippen LogP contribution in [0.5, 0.6) is 5.75 Å². The summed E-state index contributed by atoms with van der Waals surface area (Å²) in [6.45, 7) is 2.07. The zero-order valence-corrected chi connectivity index (χ0v) is 14.0. The van der Waals surface area contributed by atoms with Crippen molar-refractivity contribution in [2.45, 2.75) is 19.4 Å². The van der Waals surface area contributed by atoms with E-state index in [9.17, 15) is 4.39 Å². The van der Waals surface area contributed by atoms with Gasteiger partial charge in [0.2, 0.25) is 0 Å². The third-order valence-corrected chi connectivity index (χ3v) is 4.16. The molecule has 112 valence electrons. The minimum absolute atomic E-state index is 0.0551. The molecular weight excluding hydrogens is 333 g/mol. The number of aryl methyl sites for hydroxylation is 1. The van der Waals surface area contributed by atoms with E-state index in [0.717, 1.165) is 12.0 Å². The van der Waals surface area contributed by atoms with E-state index in [1.807, 2.05) is 7.05 Å². The van der Waals surface area contributed by atoms with Crippen molar-refractivity contribution in [1.29, 1.82) is 0 Å². The highest BCUT2D eigenvalue weighted by Gasteiger charge is 2.17. The maximum Gasteiger partial charge on any atom is 0.141 e. The van der Waals surface area contributed by atoms with Crippen molar-refractivity contribution < 1.29 is 9.13 Å². The lowest BCUT2D eigenvalue weighted by atomic mass is 9.97. The largest absolute Gasteiger partial charge is 0.496 e. The molecule has 2 nitrogen and oxygen atoms in total. The maximum absolute atomic E-state index is 13.6. The standard InChI is InChI=1S/C17H19BrFNO/c1-11-4-6-12(7-5-11)8-16(20-2)13-9-14(18)15(19)10-17(13)21-3/h4-7,9-10,16,20H,8H2,1-3H3. The Labute approximate surface area is 133 Å². The van der Waals surface area contributed by atoms with Crippen molar-refractivity contribution in [3.63, 3.8) is 0 Å². The Bertz CT molecular complexity index is 613. The van der Waals surface area contributed by atoms with Crippen LogP contribution in [0, 0.1) is 12.7 Å². The second-order valence-corrected chi connectivity index (χ2v) is 5.89. The predicted molar refractivity (Wildman–Crippen MR) is 87.3 cm³/mol. The number of nitrogens with one attached hydrogen (secondary N) is 1. The Balaban J connectivity index is 2.32. The number of hydrogen-bond acceptors (Lipinski definition) is 2. The molecule has 21 heavy (non-hydrogen) atoms. The number of rotatable bonds is 5. The highest BCUT2D eigenvalue weighted by atomic mass is 79.9. The lowest BCUT2D eigenvalue weighted by Gasteiger charge is -2.20. The Morgan fingerprint density at radius 1 is 1.24 bits per heavy atom. The van der Waals surface area contributed by atoms with Crippen molar-refractivity contribution in [2.24, 2.45) is 0 Å². The van der Waals surface area contributed by atoms with Gasteiger partial charge in [-0.2, -0.15) is 0 Å². The molecule has 1 N–H and O–H groups in total. The van der Waals surface area contributed by atoms with Crippen LogP contribution < -0.4 is 10.1 Å². The van der Waals surface area contributed by atoms with E-state index < -0.39 is 0 Å². The molecule has 0 saturated heterocycles. The van der Waals surface area contributed by atoms with Gasteiger partial charge in [0.05, 0.1) is 11.6 Å². The SMILES string of the molecule is CNC(Cc1ccc(C)cc1)c1cc(Br)c(F)cc1OC. The first-order valence-corrected chi connectivity index (χ1v) is 7.60. The number of halogens is 2. The number of hydrogen-bond donors (Lipinski definition) is 1. The topological polar surface area (TPSA) is 21.3 Å². The summed E-state index contributed by atoms with van der Waals surface area (Å²) in [4.78, 5) is 0. The summed E-state index contributed by atoms with van der Waals surface area (Å²) in [6, 6.07) is 11.7. The first-order valence-electron chi connectivity index (χ1n) is 6.81. The lowest BCUT2D eigenvalue weighted by Crippen LogP contribution is -2.19. The van der Waals surface area contributed by atoms with Crippen molar-refractivity contribution in [1.82, 2.24) is 5.32 Å². The van der Waals surface area contributed by atoms with E-state index in [-0.39, 0.29) is 11.9 Å². The average Bonchev–Trinajstić information content (AvgIpc) is 2.49. The second kappa shape index (κ2) is 7.05. The Morgan fingerprint density at radius 2 is 1.90 bits per heavy atom. The van der Waals surface area contributed by atoms with Crippen LogP contribution in [0.2, 0.25) is 0 Å². The Hall–Kier alpha value is -1.39. The van der Waals surface area contributed by atoms with Gasteiger partial charge < -0.3 is 10.1 Å². The van der Waals surface area contributed by atoms with E-state index in [1.165, 1.54) is 17.2 Å². The minimum Gasteiger partial charge on any atom is -0.496 e. The van der Waals surface area contributed by atoms with Gasteiger partial charge in [0.15, 0.2) is 0 Å². The molecule has 1 unspecified atom stereocenters. The average molecular weight is 352 g/mol. The van der Waals surface area contributed by atoms with Crippen LogP contribution in [0.25, 0.3) is 0 Å². The van der Waals surface area contributed by atoms with Crippen LogP contribution in [-0.2, 0) is 6.42 Å². The summed E-state index contributed by atoms with van der Waals surface area (Å²) in [6.07, 6.45) is 0.811. The maximum atomic E-state index is 13.6. The zero-order valence-electron chi connectivity index (χ0n) is 12.4. The van der Waals surface area contributed by atoms with Crippen LogP contribution >= 0.6 is 15.9 Å². The van der Waals surface area contributed by atoms with E-state index >= 15 is 0 Å². The predicted octanol–water partition coefficient (Wildman–Crippen LogP) is 4.41. The summed E-state index contributed by atoms with van der Waals surface area (Å²) in [5.41, 5.74) is 3.40. The molecule has 0 aromatic heterocycles. The second-order valence-electron chi connectivity index (χ2n) is 5.04. The first kappa shape index (κ1) is 16.0. The number of benzene rings is 2. The third kappa shape index (κ3) is 3.83. The normalized spacial score (nSPS) is 12.2. The molecule has 4 heteroatoms. The van der Waals surface area contributed by atoms with Crippen LogP contribution in [-0.4, -0.2) is 14.2 Å². The van der Waals surface area contributed by atoms with Crippen molar-refractivity contribution in [3.05, 3.63) is 63.4 Å². The van der Waals surface area contributed by atoms with E-state index in [0.29, 0.717) is 10.2 Å². The molecule has 0 heterocycles. The third-order valence-electron chi connectivity index (χ3n) is 3.56. The highest BCUT2D eigenvalue weighted by Crippen LogP contribution is 2.32. The van der Waals surface area contributed by atoms with Crippen molar-refractivity contribution in [2.75, 3.05) is 14.2 Å². The van der Waals surface area contributed by atoms with Gasteiger partial charge in [-0.3, -0.25) is 0 Å². The van der Waals surface area contributed by atoms with Crippen LogP contribution in [0.15, 0.2) is 40.9 Å². The van der Waals surface area contributed by atoms with Gasteiger partial charge >= 0.3 is 0 Å². The molecule has 0 bridgehead atoms. The molecule has 0 radical (unpaired) electrons. The van der Waals surface area contributed by atoms with Gasteiger partial charge in [0, 0.05) is 17.7 Å². The summed E-state index contributed by atoms with van der Waals surface area (Å²) >= 11 is 3.24. The summed E-state index contributed by atoms with van der Waals surface area (Å²) in [5, 5.41) is 3.28. The van der Waals surface area contributed by atoms with Gasteiger partial charge in [-0.1, -0.05) is 29.8 Å². The highest BCUT2D eigenvalue weighted by molar-refractivity contribution is 9.10. The number of likely N-dealkylation sites (N-methyl/N-ethyl adjacent to an activating group) is 1. The van der Waals surface area contributed by atoms with Crippen LogP contribution in [0.1, 0.15) is 22.7 Å². The van der Waals surface area contributed by atoms with Gasteiger partial charge in [0.1, 0.15) is 11.6 Å². The molecule has 0 aliphatic rings. The fourth-order valence-electron chi connectivity index (χ4n) is 2.32. The van der Waals surface area contributed by atoms with E-state index in [4.69, 9.17) is 4.74 Å². The lowest BCUT2D eigenvalue weighted by molar-refractivity contribution is 0.397. The minimum atomic E-state index is -0.319. The molecule has 0 amide bonds. The van der Waals surface area contributed by atoms with Crippen LogP contribution in [0.3, 0.4) is 0 Å². The smallest absolute Gasteiger partial charge is 0.141 e. The monoisotopic (exact) mass is 351 g/mol. The summed E-state index contributed by atoms with van der Waals surface area (Å²) in [7, 11) is 3.46. The van der Waals surface area contributed by atoms with Crippen molar-refractivity contribution >= 4 is 15.9 Å². The molecule has 2 aromatic rings. The number of methoxy groups -OCH3 is 1. The molecule has 0 aliphatic carbocycles. The first-order chi connectivity index (χ1) is 10.0. The molecule has 2 rings (SSSR count). The van der Waals surface area contributed by atoms with Crippen molar-refractivity contribution in [3.8, 4) is 5.75 Å². The van der Waals surface area contributed by atoms with Gasteiger partial charge in [-0.15, -0.1) is 0 Å². The Morgan fingerprint density at radius 3 is 2.48 bits per heavy atom. The molecule has 0 spiro atoms. The zero-order chi connectivity index (χ0) is 15.4. The molecule has 1 atom stereocenters. The van der Waals surface area contributed by atoms with Gasteiger partial charge in [0.25, 0.3) is 0 Å². The molecule has 2 aromatic carbocycles. The van der Waals surface area contributed by atoms with E-state index in [1.54, 1.807) is 13.2 Å². The fourth-order valence-corrected chi connectivity index (χ4v) is 2.68. The quantitative estimate of drug-likeness (QED) is 0.861. The van der Waals surface area contributed by atoms with Gasteiger partial charge in [-0.05, 0) is 48.0 Å². The van der Waals surface area contributed by atoms with Gasteiger partial charge in [-0.25, -0.2) is 4.39 Å². The molecular formula is C17H19BrFNO.